The minimum atomic E-state index is 0.0629. The van der Waals surface area contributed by atoms with Crippen LogP contribution in [0.1, 0.15) is 44.8 Å². The molecule has 108 valence electrons. The predicted molar refractivity (Wildman–Crippen MR) is 79.8 cm³/mol. The molecule has 0 radical (unpaired) electrons. The Kier molecular flexibility index (Phi) is 8.26. The Bertz CT molecular complexity index is 341. The van der Waals surface area contributed by atoms with Crippen LogP contribution in [0.15, 0.2) is 24.3 Å². The molecule has 1 N–H and O–H groups in total. The number of likely N-dealkylation sites (N-methyl/N-ethyl adjacent to an activating group) is 1. The molecule has 0 saturated carbocycles. The van der Waals surface area contributed by atoms with Crippen LogP contribution in [0.3, 0.4) is 0 Å². The molecule has 0 spiro atoms. The van der Waals surface area contributed by atoms with Crippen molar-refractivity contribution in [3.8, 4) is 5.75 Å². The molecule has 0 aromatic heterocycles. The molecule has 0 fully saturated rings. The van der Waals surface area contributed by atoms with Crippen molar-refractivity contribution in [1.82, 2.24) is 5.32 Å². The highest BCUT2D eigenvalue weighted by Crippen LogP contribution is 2.27. The number of nitrogens with one attached hydrogen (secondary N) is 1. The van der Waals surface area contributed by atoms with Gasteiger partial charge in [0.2, 0.25) is 0 Å². The zero-order valence-corrected chi connectivity index (χ0v) is 12.4. The van der Waals surface area contributed by atoms with Gasteiger partial charge in [-0.1, -0.05) is 44.9 Å². The largest absolute Gasteiger partial charge is 0.496 e. The van der Waals surface area contributed by atoms with E-state index in [-0.39, 0.29) is 6.10 Å². The number of unbranched alkanes of at least 4 members (excludes halogenated alkanes) is 2. The normalized spacial score (nSPS) is 12.4. The van der Waals surface area contributed by atoms with Crippen molar-refractivity contribution in [2.45, 2.75) is 39.2 Å². The third kappa shape index (κ3) is 5.62. The SMILES string of the molecule is CCCCCOC(CNCC)c1ccccc1OC. The fraction of sp³-hybridized carbons (Fsp3) is 0.625. The maximum absolute atomic E-state index is 6.03. The summed E-state index contributed by atoms with van der Waals surface area (Å²) in [6.45, 7) is 6.89. The van der Waals surface area contributed by atoms with Crippen LogP contribution < -0.4 is 10.1 Å². The first-order chi connectivity index (χ1) is 9.33. The third-order valence-corrected chi connectivity index (χ3v) is 3.13. The smallest absolute Gasteiger partial charge is 0.124 e. The summed E-state index contributed by atoms with van der Waals surface area (Å²) in [5.41, 5.74) is 1.13. The molecular weight excluding hydrogens is 238 g/mol. The molecule has 19 heavy (non-hydrogen) atoms. The van der Waals surface area contributed by atoms with E-state index in [0.29, 0.717) is 0 Å². The summed E-state index contributed by atoms with van der Waals surface area (Å²) in [5.74, 6) is 0.904. The van der Waals surface area contributed by atoms with Gasteiger partial charge in [0.25, 0.3) is 0 Å². The molecule has 0 amide bonds. The first-order valence-electron chi connectivity index (χ1n) is 7.28. The molecule has 1 atom stereocenters. The Morgan fingerprint density at radius 3 is 2.63 bits per heavy atom. The molecule has 1 aromatic carbocycles. The second-order valence-corrected chi connectivity index (χ2v) is 4.62. The van der Waals surface area contributed by atoms with Crippen LogP contribution in [-0.2, 0) is 4.74 Å². The Morgan fingerprint density at radius 1 is 1.16 bits per heavy atom. The molecule has 0 bridgehead atoms. The van der Waals surface area contributed by atoms with E-state index < -0.39 is 0 Å². The molecule has 0 aliphatic carbocycles. The first-order valence-corrected chi connectivity index (χ1v) is 7.28. The Labute approximate surface area is 117 Å². The van der Waals surface area contributed by atoms with Gasteiger partial charge in [0.15, 0.2) is 0 Å². The zero-order chi connectivity index (χ0) is 13.9. The van der Waals surface area contributed by atoms with E-state index in [4.69, 9.17) is 9.47 Å². The molecular formula is C16H27NO2. The Morgan fingerprint density at radius 2 is 1.95 bits per heavy atom. The topological polar surface area (TPSA) is 30.5 Å². The maximum Gasteiger partial charge on any atom is 0.124 e. The summed E-state index contributed by atoms with van der Waals surface area (Å²) < 4.78 is 11.5. The van der Waals surface area contributed by atoms with Gasteiger partial charge < -0.3 is 14.8 Å². The van der Waals surface area contributed by atoms with Gasteiger partial charge >= 0.3 is 0 Å². The van der Waals surface area contributed by atoms with Crippen molar-refractivity contribution in [2.75, 3.05) is 26.8 Å². The summed E-state index contributed by atoms with van der Waals surface area (Å²) in [6, 6.07) is 8.10. The van der Waals surface area contributed by atoms with Crippen LogP contribution in [0.25, 0.3) is 0 Å². The van der Waals surface area contributed by atoms with Gasteiger partial charge in [-0.15, -0.1) is 0 Å². The molecule has 1 aromatic rings. The second kappa shape index (κ2) is 9.82. The number of benzene rings is 1. The summed E-state index contributed by atoms with van der Waals surface area (Å²) >= 11 is 0. The minimum Gasteiger partial charge on any atom is -0.496 e. The zero-order valence-electron chi connectivity index (χ0n) is 12.4. The fourth-order valence-corrected chi connectivity index (χ4v) is 2.04. The highest BCUT2D eigenvalue weighted by atomic mass is 16.5. The quantitative estimate of drug-likeness (QED) is 0.656. The standard InChI is InChI=1S/C16H27NO2/c1-4-6-9-12-19-16(13-17-5-2)14-10-7-8-11-15(14)18-3/h7-8,10-11,16-17H,4-6,9,12-13H2,1-3H3. The van der Waals surface area contributed by atoms with E-state index in [1.165, 1.54) is 12.8 Å². The number of ether oxygens (including phenoxy) is 2. The Hall–Kier alpha value is -1.06. The van der Waals surface area contributed by atoms with E-state index in [2.05, 4.69) is 25.2 Å². The van der Waals surface area contributed by atoms with Crippen LogP contribution in [0.4, 0.5) is 0 Å². The summed E-state index contributed by atoms with van der Waals surface area (Å²) in [5, 5.41) is 3.36. The van der Waals surface area contributed by atoms with Crippen LogP contribution >= 0.6 is 0 Å². The van der Waals surface area contributed by atoms with Gasteiger partial charge in [-0.05, 0) is 19.0 Å². The first kappa shape index (κ1) is 16.0. The summed E-state index contributed by atoms with van der Waals surface area (Å²) in [7, 11) is 1.71. The molecule has 0 heterocycles. The minimum absolute atomic E-state index is 0.0629. The van der Waals surface area contributed by atoms with Crippen molar-refractivity contribution >= 4 is 0 Å². The van der Waals surface area contributed by atoms with E-state index in [1.54, 1.807) is 7.11 Å². The van der Waals surface area contributed by atoms with E-state index in [0.717, 1.165) is 37.4 Å². The van der Waals surface area contributed by atoms with Crippen LogP contribution in [0, 0.1) is 0 Å². The highest BCUT2D eigenvalue weighted by Gasteiger charge is 2.15. The van der Waals surface area contributed by atoms with Crippen molar-refractivity contribution in [3.05, 3.63) is 29.8 Å². The predicted octanol–water partition coefficient (Wildman–Crippen LogP) is 3.55. The van der Waals surface area contributed by atoms with Gasteiger partial charge in [-0.25, -0.2) is 0 Å². The van der Waals surface area contributed by atoms with E-state index in [1.807, 2.05) is 18.2 Å². The van der Waals surface area contributed by atoms with Crippen molar-refractivity contribution in [3.63, 3.8) is 0 Å². The Balaban J connectivity index is 2.65. The molecule has 0 saturated heterocycles. The van der Waals surface area contributed by atoms with E-state index >= 15 is 0 Å². The van der Waals surface area contributed by atoms with Gasteiger partial charge in [0.05, 0.1) is 13.2 Å². The average Bonchev–Trinajstić information content (AvgIpc) is 2.46. The monoisotopic (exact) mass is 265 g/mol. The van der Waals surface area contributed by atoms with Crippen molar-refractivity contribution < 1.29 is 9.47 Å². The highest BCUT2D eigenvalue weighted by molar-refractivity contribution is 5.35. The molecule has 0 aliphatic rings. The lowest BCUT2D eigenvalue weighted by Gasteiger charge is -2.21. The maximum atomic E-state index is 6.03. The van der Waals surface area contributed by atoms with Crippen LogP contribution in [-0.4, -0.2) is 26.8 Å². The average molecular weight is 265 g/mol. The van der Waals surface area contributed by atoms with E-state index in [9.17, 15) is 0 Å². The lowest BCUT2D eigenvalue weighted by atomic mass is 10.1. The summed E-state index contributed by atoms with van der Waals surface area (Å²) in [4.78, 5) is 0. The number of hydrogen-bond donors (Lipinski definition) is 1. The lowest BCUT2D eigenvalue weighted by molar-refractivity contribution is 0.0488. The van der Waals surface area contributed by atoms with Crippen molar-refractivity contribution in [1.29, 1.82) is 0 Å². The molecule has 3 heteroatoms. The van der Waals surface area contributed by atoms with Crippen molar-refractivity contribution in [2.24, 2.45) is 0 Å². The van der Waals surface area contributed by atoms with Crippen LogP contribution in [0.2, 0.25) is 0 Å². The number of methoxy groups -OCH3 is 1. The van der Waals surface area contributed by atoms with Gasteiger partial charge in [0, 0.05) is 18.7 Å². The van der Waals surface area contributed by atoms with Crippen LogP contribution in [0.5, 0.6) is 5.75 Å². The molecule has 1 rings (SSSR count). The third-order valence-electron chi connectivity index (χ3n) is 3.13. The molecule has 1 unspecified atom stereocenters. The summed E-state index contributed by atoms with van der Waals surface area (Å²) in [6.07, 6.45) is 3.62. The van der Waals surface area contributed by atoms with Gasteiger partial charge in [-0.3, -0.25) is 0 Å². The number of hydrogen-bond acceptors (Lipinski definition) is 3. The van der Waals surface area contributed by atoms with Gasteiger partial charge in [-0.2, -0.15) is 0 Å². The molecule has 3 nitrogen and oxygen atoms in total. The fourth-order valence-electron chi connectivity index (χ4n) is 2.04. The lowest BCUT2D eigenvalue weighted by Crippen LogP contribution is -2.23. The van der Waals surface area contributed by atoms with Gasteiger partial charge in [0.1, 0.15) is 5.75 Å². The molecule has 0 aliphatic heterocycles. The second-order valence-electron chi connectivity index (χ2n) is 4.62. The number of para-hydroxylation sites is 1. The number of rotatable bonds is 10.